The van der Waals surface area contributed by atoms with E-state index in [9.17, 15) is 14.0 Å². The maximum absolute atomic E-state index is 13.8. The highest BCUT2D eigenvalue weighted by molar-refractivity contribution is 5.96. The fraction of sp³-hybridized carbons (Fsp3) is 0.636. The van der Waals surface area contributed by atoms with Gasteiger partial charge in [-0.1, -0.05) is 19.9 Å². The predicted octanol–water partition coefficient (Wildman–Crippen LogP) is 2.48. The molecule has 2 fully saturated rings. The lowest BCUT2D eigenvalue weighted by atomic mass is 9.90. The van der Waals surface area contributed by atoms with Crippen molar-refractivity contribution in [1.82, 2.24) is 4.90 Å². The van der Waals surface area contributed by atoms with Crippen LogP contribution in [0.1, 0.15) is 39.7 Å². The fourth-order valence-electron chi connectivity index (χ4n) is 4.25. The van der Waals surface area contributed by atoms with Crippen LogP contribution in [0.5, 0.6) is 0 Å². The van der Waals surface area contributed by atoms with Crippen molar-refractivity contribution in [3.05, 3.63) is 29.6 Å². The van der Waals surface area contributed by atoms with Crippen LogP contribution in [0, 0.1) is 24.6 Å². The first-order valence-corrected chi connectivity index (χ1v) is 10.3. The van der Waals surface area contributed by atoms with E-state index in [-0.39, 0.29) is 53.8 Å². The quantitative estimate of drug-likeness (QED) is 0.762. The fourth-order valence-corrected chi connectivity index (χ4v) is 4.25. The highest BCUT2D eigenvalue weighted by Gasteiger charge is 2.43. The number of hydrogen-bond donors (Lipinski definition) is 1. The van der Waals surface area contributed by atoms with Gasteiger partial charge in [0, 0.05) is 24.3 Å². The first kappa shape index (κ1) is 21.7. The summed E-state index contributed by atoms with van der Waals surface area (Å²) in [6, 6.07) is 4.13. The van der Waals surface area contributed by atoms with E-state index in [0.717, 1.165) is 5.56 Å². The van der Waals surface area contributed by atoms with E-state index in [1.165, 1.54) is 12.1 Å². The molecule has 2 heterocycles. The first-order chi connectivity index (χ1) is 13.5. The molecular formula is C22H32FN3O3. The van der Waals surface area contributed by atoms with Crippen LogP contribution in [-0.4, -0.2) is 54.1 Å². The molecule has 2 saturated heterocycles. The molecule has 1 amide bonds. The zero-order valence-electron chi connectivity index (χ0n) is 17.9. The Morgan fingerprint density at radius 2 is 2.00 bits per heavy atom. The van der Waals surface area contributed by atoms with Gasteiger partial charge in [-0.05, 0) is 50.8 Å². The lowest BCUT2D eigenvalue weighted by Crippen LogP contribution is -2.64. The standard InChI is InChI=1S/C22H32FN3O3/c1-13(2)16-9-19(29-21(16)28)17(24)10-25-11-20(27)26(12-22(25,4)5)18-8-15(23)7-6-14(18)3/h6-8,13,16-17,19H,9-12,24H2,1-5H3/t16-,17?,19-/m0/s1. The number of carbonyl (C=O) groups is 2. The molecule has 3 rings (SSSR count). The molecule has 6 nitrogen and oxygen atoms in total. The van der Waals surface area contributed by atoms with Gasteiger partial charge in [0.1, 0.15) is 11.9 Å². The van der Waals surface area contributed by atoms with Gasteiger partial charge in [-0.2, -0.15) is 0 Å². The molecule has 2 aliphatic rings. The number of halogens is 1. The largest absolute Gasteiger partial charge is 0.460 e. The van der Waals surface area contributed by atoms with E-state index in [1.807, 2.05) is 39.5 Å². The van der Waals surface area contributed by atoms with Crippen LogP contribution in [0.4, 0.5) is 10.1 Å². The summed E-state index contributed by atoms with van der Waals surface area (Å²) in [6.45, 7) is 11.1. The Balaban J connectivity index is 1.70. The molecule has 0 bridgehead atoms. The van der Waals surface area contributed by atoms with Crippen LogP contribution in [0.3, 0.4) is 0 Å². The highest BCUT2D eigenvalue weighted by atomic mass is 19.1. The second kappa shape index (κ2) is 8.03. The van der Waals surface area contributed by atoms with Crippen molar-refractivity contribution in [2.45, 2.75) is 58.7 Å². The van der Waals surface area contributed by atoms with Crippen molar-refractivity contribution in [2.24, 2.45) is 17.6 Å². The van der Waals surface area contributed by atoms with Gasteiger partial charge < -0.3 is 15.4 Å². The van der Waals surface area contributed by atoms with Crippen LogP contribution in [0.25, 0.3) is 0 Å². The number of rotatable bonds is 5. The Morgan fingerprint density at radius 3 is 2.62 bits per heavy atom. The van der Waals surface area contributed by atoms with Gasteiger partial charge in [0.15, 0.2) is 0 Å². The predicted molar refractivity (Wildman–Crippen MR) is 110 cm³/mol. The van der Waals surface area contributed by atoms with Crippen molar-refractivity contribution >= 4 is 17.6 Å². The number of benzene rings is 1. The van der Waals surface area contributed by atoms with E-state index in [4.69, 9.17) is 10.5 Å². The van der Waals surface area contributed by atoms with Crippen molar-refractivity contribution in [3.8, 4) is 0 Å². The van der Waals surface area contributed by atoms with Crippen LogP contribution in [0.15, 0.2) is 18.2 Å². The molecule has 3 atom stereocenters. The number of ether oxygens (including phenoxy) is 1. The first-order valence-electron chi connectivity index (χ1n) is 10.3. The zero-order valence-corrected chi connectivity index (χ0v) is 17.9. The summed E-state index contributed by atoms with van der Waals surface area (Å²) in [5.74, 6) is -0.524. The number of nitrogens with two attached hydrogens (primary N) is 1. The molecule has 0 spiro atoms. The Hall–Kier alpha value is -1.99. The van der Waals surface area contributed by atoms with Gasteiger partial charge in [0.25, 0.3) is 0 Å². The van der Waals surface area contributed by atoms with Crippen LogP contribution < -0.4 is 10.6 Å². The van der Waals surface area contributed by atoms with E-state index in [2.05, 4.69) is 0 Å². The number of carbonyl (C=O) groups excluding carboxylic acids is 2. The highest BCUT2D eigenvalue weighted by Crippen LogP contribution is 2.32. The number of piperazine rings is 1. The van der Waals surface area contributed by atoms with Crippen molar-refractivity contribution in [2.75, 3.05) is 24.5 Å². The Morgan fingerprint density at radius 1 is 1.31 bits per heavy atom. The van der Waals surface area contributed by atoms with Crippen LogP contribution in [-0.2, 0) is 14.3 Å². The van der Waals surface area contributed by atoms with Gasteiger partial charge in [0.2, 0.25) is 5.91 Å². The molecule has 0 aliphatic carbocycles. The van der Waals surface area contributed by atoms with Gasteiger partial charge in [-0.15, -0.1) is 0 Å². The summed E-state index contributed by atoms with van der Waals surface area (Å²) < 4.78 is 19.3. The summed E-state index contributed by atoms with van der Waals surface area (Å²) in [4.78, 5) is 28.7. The number of cyclic esters (lactones) is 1. The minimum absolute atomic E-state index is 0.0892. The topological polar surface area (TPSA) is 75.9 Å². The summed E-state index contributed by atoms with van der Waals surface area (Å²) in [6.07, 6.45) is 0.290. The van der Waals surface area contributed by atoms with E-state index >= 15 is 0 Å². The zero-order chi connectivity index (χ0) is 21.5. The van der Waals surface area contributed by atoms with E-state index in [1.54, 1.807) is 11.0 Å². The summed E-state index contributed by atoms with van der Waals surface area (Å²) in [5, 5.41) is 0. The summed E-state index contributed by atoms with van der Waals surface area (Å²) in [7, 11) is 0. The maximum Gasteiger partial charge on any atom is 0.309 e. The van der Waals surface area contributed by atoms with E-state index in [0.29, 0.717) is 25.2 Å². The maximum atomic E-state index is 13.8. The third-order valence-corrected chi connectivity index (χ3v) is 6.26. The van der Waals surface area contributed by atoms with Gasteiger partial charge in [0.05, 0.1) is 18.5 Å². The average Bonchev–Trinajstić information content (AvgIpc) is 3.02. The van der Waals surface area contributed by atoms with Crippen molar-refractivity contribution in [1.29, 1.82) is 0 Å². The molecule has 1 unspecified atom stereocenters. The smallest absolute Gasteiger partial charge is 0.309 e. The Labute approximate surface area is 172 Å². The average molecular weight is 406 g/mol. The molecular weight excluding hydrogens is 373 g/mol. The van der Waals surface area contributed by atoms with Gasteiger partial charge >= 0.3 is 5.97 Å². The summed E-state index contributed by atoms with van der Waals surface area (Å²) >= 11 is 0. The molecule has 2 aliphatic heterocycles. The molecule has 160 valence electrons. The molecule has 0 saturated carbocycles. The van der Waals surface area contributed by atoms with Crippen molar-refractivity contribution in [3.63, 3.8) is 0 Å². The second-order valence-electron chi connectivity index (χ2n) is 9.33. The number of anilines is 1. The van der Waals surface area contributed by atoms with Gasteiger partial charge in [-0.25, -0.2) is 4.39 Å². The second-order valence-corrected chi connectivity index (χ2v) is 9.33. The molecule has 1 aromatic rings. The molecule has 0 aromatic heterocycles. The van der Waals surface area contributed by atoms with E-state index < -0.39 is 0 Å². The molecule has 7 heteroatoms. The number of hydrogen-bond acceptors (Lipinski definition) is 5. The number of aryl methyl sites for hydroxylation is 1. The monoisotopic (exact) mass is 405 g/mol. The minimum Gasteiger partial charge on any atom is -0.460 e. The normalized spacial score (nSPS) is 26.1. The lowest BCUT2D eigenvalue weighted by molar-refractivity contribution is -0.146. The molecule has 29 heavy (non-hydrogen) atoms. The molecule has 2 N–H and O–H groups in total. The molecule has 1 aromatic carbocycles. The molecule has 0 radical (unpaired) electrons. The Kier molecular flexibility index (Phi) is 6.01. The minimum atomic E-state index is -0.364. The van der Waals surface area contributed by atoms with Crippen LogP contribution >= 0.6 is 0 Å². The van der Waals surface area contributed by atoms with Crippen molar-refractivity contribution < 1.29 is 18.7 Å². The number of esters is 1. The number of amides is 1. The summed E-state index contributed by atoms with van der Waals surface area (Å²) in [5.41, 5.74) is 7.51. The Bertz CT molecular complexity index is 796. The number of nitrogens with zero attached hydrogens (tertiary/aromatic N) is 2. The SMILES string of the molecule is Cc1ccc(F)cc1N1CC(C)(C)N(CC(N)[C@@H]2C[C@@H](C(C)C)C(=O)O2)CC1=O. The third-order valence-electron chi connectivity index (χ3n) is 6.26. The van der Waals surface area contributed by atoms with Crippen LogP contribution in [0.2, 0.25) is 0 Å². The third kappa shape index (κ3) is 4.46. The lowest BCUT2D eigenvalue weighted by Gasteiger charge is -2.48. The van der Waals surface area contributed by atoms with Gasteiger partial charge in [-0.3, -0.25) is 14.5 Å².